The number of benzene rings is 2. The number of hydrogen-bond acceptors (Lipinski definition) is 3. The molecule has 1 aliphatic rings. The van der Waals surface area contributed by atoms with Crippen molar-refractivity contribution in [2.45, 2.75) is 38.3 Å². The Morgan fingerprint density at radius 2 is 1.64 bits per heavy atom. The molecular weight excluding hydrogens is 310 g/mol. The topological polar surface area (TPSA) is 38.3 Å². The van der Waals surface area contributed by atoms with E-state index in [1.807, 2.05) is 43.3 Å². The molecule has 1 N–H and O–H groups in total. The number of allylic oxidation sites excluding steroid dienone is 1. The second-order valence-corrected chi connectivity index (χ2v) is 6.28. The molecular formula is C22H25NO2. The Morgan fingerprint density at radius 1 is 1.04 bits per heavy atom. The minimum atomic E-state index is -0.395. The predicted octanol–water partition coefficient (Wildman–Crippen LogP) is 4.41. The average Bonchev–Trinajstić information content (AvgIpc) is 3.18. The fourth-order valence-corrected chi connectivity index (χ4v) is 3.35. The van der Waals surface area contributed by atoms with Crippen molar-refractivity contribution < 1.29 is 9.53 Å². The molecule has 1 atom stereocenters. The second-order valence-electron chi connectivity index (χ2n) is 6.28. The number of carbonyl (C=O) groups is 1. The van der Waals surface area contributed by atoms with E-state index in [0.29, 0.717) is 6.61 Å². The lowest BCUT2D eigenvalue weighted by molar-refractivity contribution is -0.144. The Hall–Kier alpha value is -2.39. The zero-order valence-electron chi connectivity index (χ0n) is 14.7. The summed E-state index contributed by atoms with van der Waals surface area (Å²) in [5.74, 6) is -0.187. The van der Waals surface area contributed by atoms with Gasteiger partial charge in [-0.2, -0.15) is 0 Å². The Bertz CT molecular complexity index is 670. The molecule has 0 aromatic heterocycles. The van der Waals surface area contributed by atoms with Crippen LogP contribution in [0.2, 0.25) is 0 Å². The summed E-state index contributed by atoms with van der Waals surface area (Å²) in [7, 11) is 0. The first-order valence-electron chi connectivity index (χ1n) is 9.01. The Labute approximate surface area is 149 Å². The molecule has 2 aromatic carbocycles. The summed E-state index contributed by atoms with van der Waals surface area (Å²) in [4.78, 5) is 12.6. The van der Waals surface area contributed by atoms with Crippen molar-refractivity contribution >= 4 is 5.97 Å². The van der Waals surface area contributed by atoms with Crippen molar-refractivity contribution in [2.75, 3.05) is 6.61 Å². The lowest BCUT2D eigenvalue weighted by atomic mass is 9.96. The molecule has 3 heteroatoms. The standard InChI is InChI=1S/C22H25NO2/c1-2-25-22(24)21(19-15-9-10-16-19)23-20(17-11-5-3-6-12-17)18-13-7-4-8-14-18/h3-8,11-15,20-21,23H,2,9-10,16H2,1H3. The van der Waals surface area contributed by atoms with Crippen molar-refractivity contribution in [3.05, 3.63) is 83.4 Å². The number of carbonyl (C=O) groups excluding carboxylic acids is 1. The van der Waals surface area contributed by atoms with Gasteiger partial charge >= 0.3 is 5.97 Å². The summed E-state index contributed by atoms with van der Waals surface area (Å²) >= 11 is 0. The van der Waals surface area contributed by atoms with Gasteiger partial charge in [0.05, 0.1) is 12.6 Å². The van der Waals surface area contributed by atoms with E-state index in [9.17, 15) is 4.79 Å². The molecule has 0 aliphatic heterocycles. The third-order valence-corrected chi connectivity index (χ3v) is 4.57. The lowest BCUT2D eigenvalue weighted by Crippen LogP contribution is -2.42. The van der Waals surface area contributed by atoms with Gasteiger partial charge in [0.25, 0.3) is 0 Å². The third kappa shape index (κ3) is 4.37. The Balaban J connectivity index is 1.93. The van der Waals surface area contributed by atoms with E-state index in [1.54, 1.807) is 0 Å². The van der Waals surface area contributed by atoms with Crippen LogP contribution in [0.4, 0.5) is 0 Å². The van der Waals surface area contributed by atoms with E-state index in [1.165, 1.54) is 0 Å². The normalized spacial score (nSPS) is 15.0. The van der Waals surface area contributed by atoms with E-state index in [-0.39, 0.29) is 12.0 Å². The monoisotopic (exact) mass is 335 g/mol. The van der Waals surface area contributed by atoms with Crippen molar-refractivity contribution in [1.82, 2.24) is 5.32 Å². The molecule has 0 saturated carbocycles. The number of nitrogens with one attached hydrogen (secondary N) is 1. The van der Waals surface area contributed by atoms with E-state index >= 15 is 0 Å². The number of esters is 1. The van der Waals surface area contributed by atoms with Crippen LogP contribution in [-0.4, -0.2) is 18.6 Å². The van der Waals surface area contributed by atoms with Gasteiger partial charge in [-0.25, -0.2) is 4.79 Å². The molecule has 0 amide bonds. The number of hydrogen-bond donors (Lipinski definition) is 1. The second kappa shape index (κ2) is 8.63. The van der Waals surface area contributed by atoms with Gasteiger partial charge < -0.3 is 4.74 Å². The number of rotatable bonds is 7. The van der Waals surface area contributed by atoms with Crippen LogP contribution in [-0.2, 0) is 9.53 Å². The van der Waals surface area contributed by atoms with Crippen LogP contribution >= 0.6 is 0 Å². The fourth-order valence-electron chi connectivity index (χ4n) is 3.35. The van der Waals surface area contributed by atoms with Crippen molar-refractivity contribution in [1.29, 1.82) is 0 Å². The van der Waals surface area contributed by atoms with Crippen LogP contribution in [0.1, 0.15) is 43.4 Å². The highest BCUT2D eigenvalue weighted by atomic mass is 16.5. The van der Waals surface area contributed by atoms with Gasteiger partial charge in [-0.15, -0.1) is 0 Å². The molecule has 0 bridgehead atoms. The molecule has 0 spiro atoms. The van der Waals surface area contributed by atoms with Gasteiger partial charge in [0.1, 0.15) is 6.04 Å². The average molecular weight is 335 g/mol. The van der Waals surface area contributed by atoms with E-state index in [0.717, 1.165) is 36.0 Å². The molecule has 25 heavy (non-hydrogen) atoms. The van der Waals surface area contributed by atoms with Crippen LogP contribution in [0.25, 0.3) is 0 Å². The zero-order chi connectivity index (χ0) is 17.5. The van der Waals surface area contributed by atoms with Crippen molar-refractivity contribution in [3.63, 3.8) is 0 Å². The summed E-state index contributed by atoms with van der Waals surface area (Å²) in [5.41, 5.74) is 3.43. The number of ether oxygens (including phenoxy) is 1. The van der Waals surface area contributed by atoms with Gasteiger partial charge in [0.15, 0.2) is 0 Å². The molecule has 3 nitrogen and oxygen atoms in total. The Morgan fingerprint density at radius 3 is 2.12 bits per heavy atom. The minimum Gasteiger partial charge on any atom is -0.465 e. The molecule has 0 heterocycles. The molecule has 3 rings (SSSR count). The largest absolute Gasteiger partial charge is 0.465 e. The highest BCUT2D eigenvalue weighted by Gasteiger charge is 2.29. The molecule has 0 radical (unpaired) electrons. The van der Waals surface area contributed by atoms with Crippen LogP contribution in [0.3, 0.4) is 0 Å². The maximum atomic E-state index is 12.6. The van der Waals surface area contributed by atoms with Crippen LogP contribution in [0.15, 0.2) is 72.3 Å². The highest BCUT2D eigenvalue weighted by molar-refractivity contribution is 5.80. The van der Waals surface area contributed by atoms with Gasteiger partial charge in [-0.1, -0.05) is 66.7 Å². The maximum absolute atomic E-state index is 12.6. The quantitative estimate of drug-likeness (QED) is 0.602. The molecule has 0 fully saturated rings. The summed E-state index contributed by atoms with van der Waals surface area (Å²) in [6.07, 6.45) is 5.27. The maximum Gasteiger partial charge on any atom is 0.327 e. The summed E-state index contributed by atoms with van der Waals surface area (Å²) in [5, 5.41) is 3.57. The van der Waals surface area contributed by atoms with Gasteiger partial charge in [-0.05, 0) is 42.9 Å². The SMILES string of the molecule is CCOC(=O)C(NC(c1ccccc1)c1ccccc1)C1=CCCC1. The van der Waals surface area contributed by atoms with Crippen LogP contribution in [0, 0.1) is 0 Å². The van der Waals surface area contributed by atoms with Crippen molar-refractivity contribution in [3.8, 4) is 0 Å². The summed E-state index contributed by atoms with van der Waals surface area (Å²) < 4.78 is 5.35. The predicted molar refractivity (Wildman–Crippen MR) is 100 cm³/mol. The third-order valence-electron chi connectivity index (χ3n) is 4.57. The summed E-state index contributed by atoms with van der Waals surface area (Å²) in [6, 6.07) is 20.1. The fraction of sp³-hybridized carbons (Fsp3) is 0.318. The molecule has 1 aliphatic carbocycles. The molecule has 130 valence electrons. The molecule has 2 aromatic rings. The Kier molecular flexibility index (Phi) is 6.02. The first-order chi connectivity index (χ1) is 12.3. The van der Waals surface area contributed by atoms with Gasteiger partial charge in [0.2, 0.25) is 0 Å². The van der Waals surface area contributed by atoms with E-state index in [4.69, 9.17) is 4.74 Å². The van der Waals surface area contributed by atoms with Crippen molar-refractivity contribution in [2.24, 2.45) is 0 Å². The lowest BCUT2D eigenvalue weighted by Gasteiger charge is -2.26. The van der Waals surface area contributed by atoms with E-state index < -0.39 is 6.04 Å². The first kappa shape index (κ1) is 17.4. The molecule has 0 saturated heterocycles. The van der Waals surface area contributed by atoms with E-state index in [2.05, 4.69) is 35.7 Å². The van der Waals surface area contributed by atoms with Gasteiger partial charge in [-0.3, -0.25) is 5.32 Å². The molecule has 1 unspecified atom stereocenters. The smallest absolute Gasteiger partial charge is 0.327 e. The van der Waals surface area contributed by atoms with Crippen LogP contribution < -0.4 is 5.32 Å². The van der Waals surface area contributed by atoms with Gasteiger partial charge in [0, 0.05) is 0 Å². The zero-order valence-corrected chi connectivity index (χ0v) is 14.7. The highest BCUT2D eigenvalue weighted by Crippen LogP contribution is 2.27. The summed E-state index contributed by atoms with van der Waals surface area (Å²) in [6.45, 7) is 2.25. The minimum absolute atomic E-state index is 0.0571. The first-order valence-corrected chi connectivity index (χ1v) is 9.01. The van der Waals surface area contributed by atoms with Crippen LogP contribution in [0.5, 0.6) is 0 Å².